The van der Waals surface area contributed by atoms with Crippen molar-refractivity contribution in [2.24, 2.45) is 7.05 Å². The molecule has 0 saturated heterocycles. The molecule has 2 heterocycles. The van der Waals surface area contributed by atoms with Crippen LogP contribution in [0.4, 0.5) is 5.00 Å². The number of aryl methyl sites for hydroxylation is 1. The molecular formula is C11H10N4O5S. The Hall–Kier alpha value is -2.75. The van der Waals surface area contributed by atoms with Gasteiger partial charge in [-0.25, -0.2) is 4.79 Å². The zero-order chi connectivity index (χ0) is 15.6. The number of hydrogen-bond acceptors (Lipinski definition) is 6. The van der Waals surface area contributed by atoms with E-state index in [1.165, 1.54) is 29.2 Å². The van der Waals surface area contributed by atoms with E-state index < -0.39 is 22.8 Å². The molecule has 2 rings (SSSR count). The predicted octanol–water partition coefficient (Wildman–Crippen LogP) is 0.945. The molecule has 1 amide bonds. The average molecular weight is 310 g/mol. The zero-order valence-corrected chi connectivity index (χ0v) is 11.5. The summed E-state index contributed by atoms with van der Waals surface area (Å²) in [5.41, 5.74) is 0.310. The van der Waals surface area contributed by atoms with Crippen LogP contribution in [0, 0.1) is 10.1 Å². The Morgan fingerprint density at radius 3 is 2.71 bits per heavy atom. The van der Waals surface area contributed by atoms with Gasteiger partial charge in [-0.05, 0) is 6.07 Å². The lowest BCUT2D eigenvalue weighted by molar-refractivity contribution is -0.380. The number of nitro groups is 1. The van der Waals surface area contributed by atoms with Crippen molar-refractivity contribution in [3.63, 3.8) is 0 Å². The van der Waals surface area contributed by atoms with Gasteiger partial charge >= 0.3 is 11.0 Å². The van der Waals surface area contributed by atoms with Crippen molar-refractivity contribution in [3.8, 4) is 0 Å². The van der Waals surface area contributed by atoms with Crippen LogP contribution in [0.15, 0.2) is 24.5 Å². The lowest BCUT2D eigenvalue weighted by Gasteiger charge is -2.11. The minimum atomic E-state index is -1.27. The fraction of sp³-hybridized carbons (Fsp3) is 0.182. The minimum Gasteiger partial charge on any atom is -0.479 e. The summed E-state index contributed by atoms with van der Waals surface area (Å²) in [5, 5.41) is 25.7. The van der Waals surface area contributed by atoms with E-state index in [9.17, 15) is 19.7 Å². The Balaban J connectivity index is 2.18. The maximum Gasteiger partial charge on any atom is 0.331 e. The molecule has 110 valence electrons. The van der Waals surface area contributed by atoms with Crippen LogP contribution >= 0.6 is 11.3 Å². The molecule has 21 heavy (non-hydrogen) atoms. The smallest absolute Gasteiger partial charge is 0.331 e. The van der Waals surface area contributed by atoms with Gasteiger partial charge in [0.2, 0.25) is 0 Å². The Morgan fingerprint density at radius 2 is 2.24 bits per heavy atom. The number of hydrogen-bond donors (Lipinski definition) is 2. The van der Waals surface area contributed by atoms with Crippen LogP contribution in [0.5, 0.6) is 0 Å². The maximum absolute atomic E-state index is 12.0. The molecule has 2 aromatic rings. The second-order valence-corrected chi connectivity index (χ2v) is 5.15. The van der Waals surface area contributed by atoms with E-state index in [0.29, 0.717) is 16.9 Å². The van der Waals surface area contributed by atoms with Crippen LogP contribution in [-0.2, 0) is 11.8 Å². The van der Waals surface area contributed by atoms with Gasteiger partial charge in [-0.3, -0.25) is 19.6 Å². The van der Waals surface area contributed by atoms with Crippen molar-refractivity contribution in [1.29, 1.82) is 0 Å². The van der Waals surface area contributed by atoms with Crippen LogP contribution in [0.25, 0.3) is 0 Å². The molecule has 1 unspecified atom stereocenters. The third-order valence-electron chi connectivity index (χ3n) is 2.58. The van der Waals surface area contributed by atoms with E-state index in [1.807, 2.05) is 0 Å². The van der Waals surface area contributed by atoms with E-state index in [0.717, 1.165) is 0 Å². The third-order valence-corrected chi connectivity index (χ3v) is 3.61. The molecule has 0 aliphatic carbocycles. The molecule has 0 spiro atoms. The highest BCUT2D eigenvalue weighted by molar-refractivity contribution is 7.17. The number of carbonyl (C=O) groups excluding carboxylic acids is 1. The lowest BCUT2D eigenvalue weighted by Crippen LogP contribution is -2.33. The van der Waals surface area contributed by atoms with Crippen molar-refractivity contribution < 1.29 is 19.6 Å². The molecule has 0 aliphatic rings. The van der Waals surface area contributed by atoms with Gasteiger partial charge in [0, 0.05) is 24.9 Å². The third kappa shape index (κ3) is 3.23. The van der Waals surface area contributed by atoms with E-state index >= 15 is 0 Å². The van der Waals surface area contributed by atoms with Crippen LogP contribution < -0.4 is 5.32 Å². The van der Waals surface area contributed by atoms with Crippen LogP contribution in [-0.4, -0.2) is 31.7 Å². The summed E-state index contributed by atoms with van der Waals surface area (Å²) in [4.78, 5) is 33.2. The number of aliphatic carboxylic acids is 1. The van der Waals surface area contributed by atoms with Crippen molar-refractivity contribution in [1.82, 2.24) is 15.1 Å². The number of nitrogens with one attached hydrogen (secondary N) is 1. The highest BCUT2D eigenvalue weighted by Gasteiger charge is 2.25. The fourth-order valence-corrected chi connectivity index (χ4v) is 2.35. The van der Waals surface area contributed by atoms with Crippen molar-refractivity contribution in [3.05, 3.63) is 45.1 Å². The molecule has 0 radical (unpaired) electrons. The molecule has 0 aromatic carbocycles. The minimum absolute atomic E-state index is 0.0665. The first kappa shape index (κ1) is 14.7. The fourth-order valence-electron chi connectivity index (χ4n) is 1.63. The number of nitrogens with zero attached hydrogens (tertiary/aromatic N) is 3. The monoisotopic (exact) mass is 310 g/mol. The molecule has 2 aromatic heterocycles. The first-order valence-electron chi connectivity index (χ1n) is 5.65. The van der Waals surface area contributed by atoms with Gasteiger partial charge in [0.15, 0.2) is 6.04 Å². The number of aromatic nitrogens is 2. The SMILES string of the molecule is Cn1cc(C(NC(=O)c2ccc([N+](=O)[O-])s2)C(=O)O)cn1. The van der Waals surface area contributed by atoms with Gasteiger partial charge in [-0.15, -0.1) is 0 Å². The standard InChI is InChI=1S/C11H10N4O5S/c1-14-5-6(4-12-14)9(11(17)18)13-10(16)7-2-3-8(21-7)15(19)20/h2-5,9H,1H3,(H,13,16)(H,17,18). The van der Waals surface area contributed by atoms with Gasteiger partial charge in [-0.2, -0.15) is 5.10 Å². The highest BCUT2D eigenvalue weighted by Crippen LogP contribution is 2.24. The second-order valence-electron chi connectivity index (χ2n) is 4.09. The summed E-state index contributed by atoms with van der Waals surface area (Å²) in [7, 11) is 1.62. The summed E-state index contributed by atoms with van der Waals surface area (Å²) >= 11 is 0.678. The van der Waals surface area contributed by atoms with E-state index in [-0.39, 0.29) is 9.88 Å². The number of carboxylic acids is 1. The number of amides is 1. The Bertz CT molecular complexity index is 707. The molecule has 0 aliphatic heterocycles. The Labute approximate surface area is 122 Å². The number of carbonyl (C=O) groups is 2. The first-order valence-corrected chi connectivity index (χ1v) is 6.46. The maximum atomic E-state index is 12.0. The quantitative estimate of drug-likeness (QED) is 0.625. The van der Waals surface area contributed by atoms with Gasteiger partial charge < -0.3 is 10.4 Å². The van der Waals surface area contributed by atoms with E-state index in [1.54, 1.807) is 7.05 Å². The Morgan fingerprint density at radius 1 is 1.52 bits per heavy atom. The predicted molar refractivity (Wildman–Crippen MR) is 72.0 cm³/mol. The Kier molecular flexibility index (Phi) is 3.98. The van der Waals surface area contributed by atoms with Crippen LogP contribution in [0.1, 0.15) is 21.3 Å². The number of carboxylic acid groups (broad SMARTS) is 1. The molecule has 10 heteroatoms. The molecular weight excluding hydrogens is 300 g/mol. The normalized spacial score (nSPS) is 11.9. The second kappa shape index (κ2) is 5.71. The molecule has 9 nitrogen and oxygen atoms in total. The molecule has 1 atom stereocenters. The zero-order valence-electron chi connectivity index (χ0n) is 10.7. The summed E-state index contributed by atoms with van der Waals surface area (Å²) in [6, 6.07) is 1.20. The molecule has 0 fully saturated rings. The average Bonchev–Trinajstić information content (AvgIpc) is 3.04. The summed E-state index contributed by atoms with van der Waals surface area (Å²) in [6.45, 7) is 0. The summed E-state index contributed by atoms with van der Waals surface area (Å²) in [6.07, 6.45) is 2.80. The molecule has 2 N–H and O–H groups in total. The van der Waals surface area contributed by atoms with Crippen LogP contribution in [0.3, 0.4) is 0 Å². The van der Waals surface area contributed by atoms with E-state index in [2.05, 4.69) is 10.4 Å². The van der Waals surface area contributed by atoms with Gasteiger partial charge in [0.05, 0.1) is 16.0 Å². The number of thiophene rings is 1. The van der Waals surface area contributed by atoms with Crippen molar-refractivity contribution in [2.45, 2.75) is 6.04 Å². The van der Waals surface area contributed by atoms with E-state index in [4.69, 9.17) is 5.11 Å². The van der Waals surface area contributed by atoms with Gasteiger partial charge in [-0.1, -0.05) is 11.3 Å². The summed E-state index contributed by atoms with van der Waals surface area (Å²) < 4.78 is 1.41. The highest BCUT2D eigenvalue weighted by atomic mass is 32.1. The topological polar surface area (TPSA) is 127 Å². The van der Waals surface area contributed by atoms with Crippen LogP contribution in [0.2, 0.25) is 0 Å². The molecule has 0 saturated carbocycles. The largest absolute Gasteiger partial charge is 0.479 e. The number of rotatable bonds is 5. The van der Waals surface area contributed by atoms with Crippen molar-refractivity contribution >= 4 is 28.2 Å². The van der Waals surface area contributed by atoms with Gasteiger partial charge in [0.25, 0.3) is 5.91 Å². The lowest BCUT2D eigenvalue weighted by atomic mass is 10.1. The van der Waals surface area contributed by atoms with Gasteiger partial charge in [0.1, 0.15) is 0 Å². The molecule has 0 bridgehead atoms. The summed E-state index contributed by atoms with van der Waals surface area (Å²) in [5.74, 6) is -1.94. The first-order chi connectivity index (χ1) is 9.88. The van der Waals surface area contributed by atoms with Crippen molar-refractivity contribution in [2.75, 3.05) is 0 Å².